The van der Waals surface area contributed by atoms with Crippen molar-refractivity contribution in [2.75, 3.05) is 23.3 Å². The third-order valence-corrected chi connectivity index (χ3v) is 5.69. The molecule has 4 N–H and O–H groups in total. The Morgan fingerprint density at radius 3 is 2.45 bits per heavy atom. The van der Waals surface area contributed by atoms with E-state index >= 15 is 0 Å². The highest BCUT2D eigenvalue weighted by Crippen LogP contribution is 2.38. The second-order valence-corrected chi connectivity index (χ2v) is 7.59. The third-order valence-electron chi connectivity index (χ3n) is 5.69. The summed E-state index contributed by atoms with van der Waals surface area (Å²) in [5.74, 6) is -0.677. The number of phenols is 1. The predicted octanol–water partition coefficient (Wildman–Crippen LogP) is 4.26. The van der Waals surface area contributed by atoms with E-state index < -0.39 is 0 Å². The van der Waals surface area contributed by atoms with Gasteiger partial charge in [0.05, 0.1) is 5.69 Å². The van der Waals surface area contributed by atoms with Crippen LogP contribution in [0.2, 0.25) is 0 Å². The van der Waals surface area contributed by atoms with E-state index in [0.29, 0.717) is 40.7 Å². The Bertz CT molecular complexity index is 1340. The Hall–Kier alpha value is -3.90. The van der Waals surface area contributed by atoms with Gasteiger partial charge in [-0.3, -0.25) is 9.59 Å². The first kappa shape index (κ1) is 19.1. The number of anilines is 2. The standard InChI is InChI=1S/C25H21N3O3/c26-12-3-13-27-21-11-10-19-23-17(21)5-2-6-18(23)24(30)28(25(19)31)22-7-1-4-15-8-9-16(29)14-20(15)22/h1-2,4-11,14,27,29H,3,12-13,26H2. The highest BCUT2D eigenvalue weighted by atomic mass is 16.3. The number of phenolic OH excluding ortho intramolecular Hbond substituents is 1. The second-order valence-electron chi connectivity index (χ2n) is 7.59. The van der Waals surface area contributed by atoms with Crippen molar-refractivity contribution >= 4 is 44.7 Å². The van der Waals surface area contributed by atoms with Crippen molar-refractivity contribution in [3.05, 3.63) is 77.9 Å². The van der Waals surface area contributed by atoms with Crippen molar-refractivity contribution < 1.29 is 14.7 Å². The number of nitrogens with one attached hydrogen (secondary N) is 1. The zero-order chi connectivity index (χ0) is 21.5. The van der Waals surface area contributed by atoms with Crippen LogP contribution in [0.1, 0.15) is 27.1 Å². The molecule has 0 aliphatic carbocycles. The van der Waals surface area contributed by atoms with E-state index in [0.717, 1.165) is 22.9 Å². The van der Waals surface area contributed by atoms with Crippen LogP contribution in [0.4, 0.5) is 11.4 Å². The first-order valence-electron chi connectivity index (χ1n) is 10.2. The zero-order valence-corrected chi connectivity index (χ0v) is 16.8. The molecule has 31 heavy (non-hydrogen) atoms. The van der Waals surface area contributed by atoms with Crippen LogP contribution in [0.5, 0.6) is 5.75 Å². The second kappa shape index (κ2) is 7.41. The molecular formula is C25H21N3O3. The van der Waals surface area contributed by atoms with Crippen LogP contribution in [-0.2, 0) is 0 Å². The first-order chi connectivity index (χ1) is 15.1. The summed E-state index contributed by atoms with van der Waals surface area (Å²) in [4.78, 5) is 28.2. The molecule has 0 aromatic heterocycles. The number of carbonyl (C=O) groups excluding carboxylic acids is 2. The van der Waals surface area contributed by atoms with E-state index in [9.17, 15) is 14.7 Å². The molecule has 0 unspecified atom stereocenters. The van der Waals surface area contributed by atoms with E-state index in [1.54, 1.807) is 42.5 Å². The third kappa shape index (κ3) is 3.00. The van der Waals surface area contributed by atoms with Crippen LogP contribution in [-0.4, -0.2) is 30.0 Å². The lowest BCUT2D eigenvalue weighted by Crippen LogP contribution is -2.40. The number of amides is 2. The van der Waals surface area contributed by atoms with E-state index in [1.807, 2.05) is 24.3 Å². The molecule has 5 rings (SSSR count). The average Bonchev–Trinajstić information content (AvgIpc) is 2.78. The molecule has 4 aromatic rings. The van der Waals surface area contributed by atoms with Crippen molar-refractivity contribution in [3.63, 3.8) is 0 Å². The summed E-state index contributed by atoms with van der Waals surface area (Å²) in [5, 5.41) is 16.3. The largest absolute Gasteiger partial charge is 0.508 e. The number of hydrogen-bond donors (Lipinski definition) is 3. The van der Waals surface area contributed by atoms with Crippen LogP contribution in [0, 0.1) is 0 Å². The minimum absolute atomic E-state index is 0.0764. The number of hydrogen-bond acceptors (Lipinski definition) is 5. The molecule has 6 nitrogen and oxygen atoms in total. The summed E-state index contributed by atoms with van der Waals surface area (Å²) in [6.07, 6.45) is 0.822. The molecule has 0 atom stereocenters. The molecule has 0 fully saturated rings. The fraction of sp³-hybridized carbons (Fsp3) is 0.120. The monoisotopic (exact) mass is 411 g/mol. The quantitative estimate of drug-likeness (QED) is 0.337. The van der Waals surface area contributed by atoms with E-state index in [4.69, 9.17) is 5.73 Å². The Labute approximate surface area is 178 Å². The van der Waals surface area contributed by atoms with Gasteiger partial charge in [-0.1, -0.05) is 30.3 Å². The number of imide groups is 1. The van der Waals surface area contributed by atoms with Gasteiger partial charge in [0.2, 0.25) is 0 Å². The highest BCUT2D eigenvalue weighted by Gasteiger charge is 2.35. The molecule has 6 heteroatoms. The summed E-state index contributed by atoms with van der Waals surface area (Å²) < 4.78 is 0. The van der Waals surface area contributed by atoms with Gasteiger partial charge < -0.3 is 16.2 Å². The van der Waals surface area contributed by atoms with Gasteiger partial charge in [0.15, 0.2) is 0 Å². The van der Waals surface area contributed by atoms with Gasteiger partial charge in [0, 0.05) is 39.5 Å². The number of fused-ring (bicyclic) bond motifs is 1. The SMILES string of the molecule is NCCCNc1ccc2c3c(cccc13)C(=O)N(c1cccc3ccc(O)cc13)C2=O. The molecule has 1 aliphatic rings. The summed E-state index contributed by atoms with van der Waals surface area (Å²) >= 11 is 0. The van der Waals surface area contributed by atoms with Gasteiger partial charge in [0.25, 0.3) is 11.8 Å². The average molecular weight is 411 g/mol. The van der Waals surface area contributed by atoms with Gasteiger partial charge in [0.1, 0.15) is 5.75 Å². The Morgan fingerprint density at radius 2 is 1.65 bits per heavy atom. The van der Waals surface area contributed by atoms with Crippen LogP contribution >= 0.6 is 0 Å². The van der Waals surface area contributed by atoms with Crippen molar-refractivity contribution in [1.82, 2.24) is 0 Å². The molecule has 1 aliphatic heterocycles. The first-order valence-corrected chi connectivity index (χ1v) is 10.2. The summed E-state index contributed by atoms with van der Waals surface area (Å²) in [7, 11) is 0. The summed E-state index contributed by atoms with van der Waals surface area (Å²) in [5.41, 5.74) is 7.87. The smallest absolute Gasteiger partial charge is 0.266 e. The van der Waals surface area contributed by atoms with Gasteiger partial charge in [-0.05, 0) is 54.8 Å². The van der Waals surface area contributed by atoms with Crippen LogP contribution in [0.3, 0.4) is 0 Å². The normalized spacial score (nSPS) is 13.3. The van der Waals surface area contributed by atoms with Crippen molar-refractivity contribution in [2.24, 2.45) is 5.73 Å². The van der Waals surface area contributed by atoms with E-state index in [1.165, 1.54) is 4.90 Å². The van der Waals surface area contributed by atoms with Gasteiger partial charge in [-0.15, -0.1) is 0 Å². The number of rotatable bonds is 5. The number of benzene rings is 4. The number of nitrogens with zero attached hydrogens (tertiary/aromatic N) is 1. The summed E-state index contributed by atoms with van der Waals surface area (Å²) in [6, 6.07) is 19.5. The molecule has 0 saturated carbocycles. The van der Waals surface area contributed by atoms with Crippen LogP contribution < -0.4 is 16.0 Å². The predicted molar refractivity (Wildman–Crippen MR) is 123 cm³/mol. The lowest BCUT2D eigenvalue weighted by molar-refractivity contribution is 0.0894. The highest BCUT2D eigenvalue weighted by molar-refractivity contribution is 6.37. The maximum absolute atomic E-state index is 13.5. The van der Waals surface area contributed by atoms with Crippen LogP contribution in [0.15, 0.2) is 66.7 Å². The molecule has 0 saturated heterocycles. The number of carbonyl (C=O) groups is 2. The van der Waals surface area contributed by atoms with E-state index in [-0.39, 0.29) is 17.6 Å². The number of nitrogens with two attached hydrogens (primary N) is 1. The minimum atomic E-state index is -0.377. The van der Waals surface area contributed by atoms with Gasteiger partial charge in [-0.2, -0.15) is 0 Å². The van der Waals surface area contributed by atoms with Crippen molar-refractivity contribution in [3.8, 4) is 5.75 Å². The van der Waals surface area contributed by atoms with Crippen LogP contribution in [0.25, 0.3) is 21.5 Å². The maximum atomic E-state index is 13.5. The maximum Gasteiger partial charge on any atom is 0.266 e. The van der Waals surface area contributed by atoms with Crippen molar-refractivity contribution in [2.45, 2.75) is 6.42 Å². The fourth-order valence-electron chi connectivity index (χ4n) is 4.23. The molecule has 2 amide bonds. The van der Waals surface area contributed by atoms with E-state index in [2.05, 4.69) is 5.32 Å². The Balaban J connectivity index is 1.68. The molecule has 0 radical (unpaired) electrons. The lowest BCUT2D eigenvalue weighted by atomic mass is 9.92. The molecule has 0 spiro atoms. The zero-order valence-electron chi connectivity index (χ0n) is 16.8. The molecule has 4 aromatic carbocycles. The van der Waals surface area contributed by atoms with Gasteiger partial charge >= 0.3 is 0 Å². The fourth-order valence-corrected chi connectivity index (χ4v) is 4.23. The molecule has 0 bridgehead atoms. The lowest BCUT2D eigenvalue weighted by Gasteiger charge is -2.28. The van der Waals surface area contributed by atoms with Crippen molar-refractivity contribution in [1.29, 1.82) is 0 Å². The summed E-state index contributed by atoms with van der Waals surface area (Å²) in [6.45, 7) is 1.30. The molecule has 154 valence electrons. The topological polar surface area (TPSA) is 95.7 Å². The molecule has 1 heterocycles. The molecular weight excluding hydrogens is 390 g/mol. The van der Waals surface area contributed by atoms with Gasteiger partial charge in [-0.25, -0.2) is 4.90 Å². The minimum Gasteiger partial charge on any atom is -0.508 e. The Morgan fingerprint density at radius 1 is 0.871 bits per heavy atom. The number of aromatic hydroxyl groups is 1. The Kier molecular flexibility index (Phi) is 4.56.